The number of alkyl halides is 3. The number of imidazole rings is 1. The van der Waals surface area contributed by atoms with Crippen LogP contribution in [0, 0.1) is 0 Å². The number of ether oxygens (including phenoxy) is 1. The summed E-state index contributed by atoms with van der Waals surface area (Å²) in [6.07, 6.45) is -6.45. The van der Waals surface area contributed by atoms with Gasteiger partial charge in [0.2, 0.25) is 12.4 Å². The zero-order valence-corrected chi connectivity index (χ0v) is 14.6. The highest BCUT2D eigenvalue weighted by atomic mass is 19.4. The Bertz CT molecular complexity index is 1230. The topological polar surface area (TPSA) is 116 Å². The summed E-state index contributed by atoms with van der Waals surface area (Å²) in [7, 11) is 0. The molecule has 2 aromatic carbocycles. The van der Waals surface area contributed by atoms with Gasteiger partial charge in [-0.3, -0.25) is 4.79 Å². The number of benzene rings is 2. The van der Waals surface area contributed by atoms with Gasteiger partial charge in [-0.2, -0.15) is 18.3 Å². The Morgan fingerprint density at radius 2 is 1.93 bits per heavy atom. The molecule has 29 heavy (non-hydrogen) atoms. The van der Waals surface area contributed by atoms with Crippen LogP contribution in [0.15, 0.2) is 47.3 Å². The molecule has 4 rings (SSSR count). The standard InChI is InChI=1S/C18H14F3N5O3/c19-18(20,21)8-29-17(28)24-16-22-12-6-5-9(7-13(12)23-16)14-10-3-1-2-4-11(10)15(27)26-25-14/h1-7,17,28H,8H2,(H,26,27)(H2,22,23,24). The van der Waals surface area contributed by atoms with Crippen molar-refractivity contribution in [3.63, 3.8) is 0 Å². The Hall–Kier alpha value is -3.44. The summed E-state index contributed by atoms with van der Waals surface area (Å²) in [4.78, 5) is 19.0. The number of nitrogens with one attached hydrogen (secondary N) is 3. The van der Waals surface area contributed by atoms with E-state index in [-0.39, 0.29) is 11.5 Å². The summed E-state index contributed by atoms with van der Waals surface area (Å²) >= 11 is 0. The molecule has 0 aliphatic heterocycles. The van der Waals surface area contributed by atoms with Gasteiger partial charge in [-0.25, -0.2) is 10.1 Å². The number of aliphatic hydroxyl groups excluding tert-OH is 1. The van der Waals surface area contributed by atoms with Gasteiger partial charge in [0.25, 0.3) is 5.56 Å². The van der Waals surface area contributed by atoms with Crippen molar-refractivity contribution in [1.82, 2.24) is 20.2 Å². The van der Waals surface area contributed by atoms with E-state index in [0.717, 1.165) is 0 Å². The van der Waals surface area contributed by atoms with Gasteiger partial charge in [0, 0.05) is 10.9 Å². The number of hydrogen-bond donors (Lipinski definition) is 4. The molecule has 0 fully saturated rings. The van der Waals surface area contributed by atoms with Crippen LogP contribution < -0.4 is 10.9 Å². The predicted molar refractivity (Wildman–Crippen MR) is 99.1 cm³/mol. The molecule has 0 aliphatic rings. The lowest BCUT2D eigenvalue weighted by Gasteiger charge is -2.13. The second kappa shape index (κ2) is 7.18. The van der Waals surface area contributed by atoms with Crippen molar-refractivity contribution in [2.24, 2.45) is 0 Å². The lowest BCUT2D eigenvalue weighted by molar-refractivity contribution is -0.209. The number of aromatic nitrogens is 4. The van der Waals surface area contributed by atoms with Gasteiger partial charge in [0.05, 0.1) is 22.1 Å². The number of aromatic amines is 2. The van der Waals surface area contributed by atoms with E-state index in [1.807, 2.05) is 0 Å². The zero-order chi connectivity index (χ0) is 20.6. The predicted octanol–water partition coefficient (Wildman–Crippen LogP) is 2.73. The third kappa shape index (κ3) is 4.05. The average molecular weight is 405 g/mol. The minimum absolute atomic E-state index is 0.0334. The number of halogens is 3. The minimum Gasteiger partial charge on any atom is -0.351 e. The Balaban J connectivity index is 1.63. The molecule has 1 unspecified atom stereocenters. The number of anilines is 1. The summed E-state index contributed by atoms with van der Waals surface area (Å²) in [5.74, 6) is 0.0334. The SMILES string of the molecule is O=c1[nH]nc(-c2ccc3[nH]c(NC(O)OCC(F)(F)F)nc3c2)c2ccccc12. The Kier molecular flexibility index (Phi) is 4.68. The van der Waals surface area contributed by atoms with Crippen LogP contribution in [0.2, 0.25) is 0 Å². The molecule has 1 atom stereocenters. The lowest BCUT2D eigenvalue weighted by Crippen LogP contribution is -2.28. The van der Waals surface area contributed by atoms with Crippen LogP contribution >= 0.6 is 0 Å². The van der Waals surface area contributed by atoms with Crippen LogP contribution in [-0.2, 0) is 4.74 Å². The number of H-pyrrole nitrogens is 2. The van der Waals surface area contributed by atoms with Gasteiger partial charge < -0.3 is 20.1 Å². The molecule has 0 spiro atoms. The molecule has 0 amide bonds. The van der Waals surface area contributed by atoms with E-state index in [4.69, 9.17) is 0 Å². The van der Waals surface area contributed by atoms with Crippen LogP contribution in [0.3, 0.4) is 0 Å². The van der Waals surface area contributed by atoms with Crippen LogP contribution in [-0.4, -0.2) is 44.5 Å². The molecule has 2 aromatic heterocycles. The average Bonchev–Trinajstić information content (AvgIpc) is 3.08. The van der Waals surface area contributed by atoms with Gasteiger partial charge in [-0.05, 0) is 18.2 Å². The summed E-state index contributed by atoms with van der Waals surface area (Å²) in [5, 5.41) is 19.6. The van der Waals surface area contributed by atoms with Crippen molar-refractivity contribution in [1.29, 1.82) is 0 Å². The molecular formula is C18H14F3N5O3. The van der Waals surface area contributed by atoms with Crippen molar-refractivity contribution in [2.45, 2.75) is 12.6 Å². The Morgan fingerprint density at radius 3 is 2.69 bits per heavy atom. The molecule has 0 saturated heterocycles. The van der Waals surface area contributed by atoms with Crippen LogP contribution in [0.1, 0.15) is 0 Å². The van der Waals surface area contributed by atoms with Gasteiger partial charge in [-0.1, -0.05) is 24.3 Å². The van der Waals surface area contributed by atoms with Crippen molar-refractivity contribution in [3.05, 3.63) is 52.8 Å². The van der Waals surface area contributed by atoms with Gasteiger partial charge >= 0.3 is 6.18 Å². The third-order valence-corrected chi connectivity index (χ3v) is 4.12. The summed E-state index contributed by atoms with van der Waals surface area (Å²) in [5.41, 5.74) is 1.98. The van der Waals surface area contributed by atoms with Gasteiger partial charge in [0.1, 0.15) is 6.61 Å². The first kappa shape index (κ1) is 18.9. The minimum atomic E-state index is -4.56. The van der Waals surface area contributed by atoms with Crippen LogP contribution in [0.25, 0.3) is 33.1 Å². The zero-order valence-electron chi connectivity index (χ0n) is 14.6. The van der Waals surface area contributed by atoms with E-state index in [1.165, 1.54) is 0 Å². The summed E-state index contributed by atoms with van der Waals surface area (Å²) in [6, 6.07) is 12.2. The first-order valence-electron chi connectivity index (χ1n) is 8.41. The van der Waals surface area contributed by atoms with Crippen molar-refractivity contribution < 1.29 is 23.0 Å². The maximum Gasteiger partial charge on any atom is 0.411 e. The Labute approximate surface area is 160 Å². The number of hydrogen-bond acceptors (Lipinski definition) is 6. The molecule has 8 nitrogen and oxygen atoms in total. The van der Waals surface area contributed by atoms with Crippen LogP contribution in [0.5, 0.6) is 0 Å². The lowest BCUT2D eigenvalue weighted by atomic mass is 10.0. The van der Waals surface area contributed by atoms with E-state index in [9.17, 15) is 23.1 Å². The van der Waals surface area contributed by atoms with Crippen molar-refractivity contribution >= 4 is 27.8 Å². The highest BCUT2D eigenvalue weighted by Gasteiger charge is 2.29. The monoisotopic (exact) mass is 405 g/mol. The molecule has 0 saturated carbocycles. The molecular weight excluding hydrogens is 391 g/mol. The van der Waals surface area contributed by atoms with Gasteiger partial charge in [-0.15, -0.1) is 0 Å². The highest BCUT2D eigenvalue weighted by Crippen LogP contribution is 2.27. The fourth-order valence-corrected chi connectivity index (χ4v) is 2.89. The van der Waals surface area contributed by atoms with E-state index >= 15 is 0 Å². The fraction of sp³-hybridized carbons (Fsp3) is 0.167. The van der Waals surface area contributed by atoms with Crippen LogP contribution in [0.4, 0.5) is 19.1 Å². The number of aliphatic hydroxyl groups is 1. The van der Waals surface area contributed by atoms with E-state index < -0.39 is 19.2 Å². The molecule has 4 aromatic rings. The molecule has 2 heterocycles. The molecule has 0 radical (unpaired) electrons. The third-order valence-electron chi connectivity index (χ3n) is 4.12. The molecule has 0 aliphatic carbocycles. The largest absolute Gasteiger partial charge is 0.411 e. The van der Waals surface area contributed by atoms with Gasteiger partial charge in [0.15, 0.2) is 0 Å². The van der Waals surface area contributed by atoms with E-state index in [1.54, 1.807) is 42.5 Å². The quantitative estimate of drug-likeness (QED) is 0.380. The molecule has 4 N–H and O–H groups in total. The molecule has 150 valence electrons. The van der Waals surface area contributed by atoms with Crippen molar-refractivity contribution in [2.75, 3.05) is 11.9 Å². The highest BCUT2D eigenvalue weighted by molar-refractivity contribution is 5.95. The first-order valence-corrected chi connectivity index (χ1v) is 8.41. The van der Waals surface area contributed by atoms with Crippen molar-refractivity contribution in [3.8, 4) is 11.3 Å². The summed E-state index contributed by atoms with van der Waals surface area (Å²) < 4.78 is 40.7. The smallest absolute Gasteiger partial charge is 0.351 e. The number of fused-ring (bicyclic) bond motifs is 2. The maximum absolute atomic E-state index is 12.1. The second-order valence-corrected chi connectivity index (χ2v) is 6.19. The second-order valence-electron chi connectivity index (χ2n) is 6.19. The Morgan fingerprint density at radius 1 is 1.17 bits per heavy atom. The van der Waals surface area contributed by atoms with E-state index in [0.29, 0.717) is 33.1 Å². The molecule has 0 bridgehead atoms. The fourth-order valence-electron chi connectivity index (χ4n) is 2.89. The molecule has 11 heteroatoms. The number of rotatable bonds is 5. The maximum atomic E-state index is 12.1. The summed E-state index contributed by atoms with van der Waals surface area (Å²) in [6.45, 7) is -1.60. The number of nitrogens with zero attached hydrogens (tertiary/aromatic N) is 2. The van der Waals surface area contributed by atoms with E-state index in [2.05, 4.69) is 30.2 Å². The first-order chi connectivity index (χ1) is 13.8. The normalized spacial score (nSPS) is 13.1.